The number of para-hydroxylation sites is 1. The molecule has 0 fully saturated rings. The molecule has 0 aliphatic heterocycles. The summed E-state index contributed by atoms with van der Waals surface area (Å²) < 4.78 is 11.2. The molecule has 0 aliphatic carbocycles. The molecule has 100 valence electrons. The number of allylic oxidation sites excluding steroid dienone is 1. The van der Waals surface area contributed by atoms with Gasteiger partial charge in [-0.05, 0) is 26.3 Å². The summed E-state index contributed by atoms with van der Waals surface area (Å²) in [5.41, 5.74) is 2.19. The van der Waals surface area contributed by atoms with Crippen molar-refractivity contribution in [2.75, 3.05) is 13.0 Å². The third-order valence-electron chi connectivity index (χ3n) is 2.57. The molecule has 0 N–H and O–H groups in total. The van der Waals surface area contributed by atoms with Gasteiger partial charge in [-0.25, -0.2) is 0 Å². The lowest BCUT2D eigenvalue weighted by molar-refractivity contribution is 0.229. The summed E-state index contributed by atoms with van der Waals surface area (Å²) in [6.07, 6.45) is 3.12. The summed E-state index contributed by atoms with van der Waals surface area (Å²) in [6, 6.07) is 5.88. The van der Waals surface area contributed by atoms with Crippen LogP contribution in [0, 0.1) is 0 Å². The SMILES string of the molecule is CCC(=Cc1cccc(OC)c1OC(C)C)CCl. The van der Waals surface area contributed by atoms with E-state index in [0.717, 1.165) is 23.5 Å². The van der Waals surface area contributed by atoms with Gasteiger partial charge in [0.05, 0.1) is 13.2 Å². The van der Waals surface area contributed by atoms with Gasteiger partial charge in [0.25, 0.3) is 0 Å². The van der Waals surface area contributed by atoms with Crippen molar-refractivity contribution in [2.45, 2.75) is 33.3 Å². The Hall–Kier alpha value is -1.15. The number of halogens is 1. The standard InChI is InChI=1S/C15H21ClO2/c1-5-12(10-16)9-13-7-6-8-14(17-4)15(13)18-11(2)3/h6-9,11H,5,10H2,1-4H3. The van der Waals surface area contributed by atoms with Crippen molar-refractivity contribution in [1.82, 2.24) is 0 Å². The molecule has 2 nitrogen and oxygen atoms in total. The fourth-order valence-electron chi connectivity index (χ4n) is 1.62. The fraction of sp³-hybridized carbons (Fsp3) is 0.467. The van der Waals surface area contributed by atoms with Crippen LogP contribution in [-0.4, -0.2) is 19.1 Å². The number of alkyl halides is 1. The van der Waals surface area contributed by atoms with Crippen molar-refractivity contribution in [3.63, 3.8) is 0 Å². The molecule has 18 heavy (non-hydrogen) atoms. The van der Waals surface area contributed by atoms with E-state index in [1.54, 1.807) is 7.11 Å². The molecule has 0 atom stereocenters. The summed E-state index contributed by atoms with van der Waals surface area (Å²) in [6.45, 7) is 6.10. The lowest BCUT2D eigenvalue weighted by atomic mass is 10.1. The van der Waals surface area contributed by atoms with E-state index < -0.39 is 0 Å². The minimum atomic E-state index is 0.106. The Morgan fingerprint density at radius 3 is 2.61 bits per heavy atom. The molecule has 0 spiro atoms. The van der Waals surface area contributed by atoms with Crippen LogP contribution in [0.1, 0.15) is 32.8 Å². The van der Waals surface area contributed by atoms with Gasteiger partial charge in [-0.1, -0.05) is 30.7 Å². The van der Waals surface area contributed by atoms with Gasteiger partial charge in [0.15, 0.2) is 11.5 Å². The average molecular weight is 269 g/mol. The second-order valence-electron chi connectivity index (χ2n) is 4.34. The Balaban J connectivity index is 3.21. The third kappa shape index (κ3) is 3.95. The van der Waals surface area contributed by atoms with Crippen LogP contribution in [0.15, 0.2) is 23.8 Å². The molecule has 0 saturated carbocycles. The molecule has 1 aromatic carbocycles. The number of rotatable bonds is 6. The van der Waals surface area contributed by atoms with Crippen molar-refractivity contribution in [2.24, 2.45) is 0 Å². The van der Waals surface area contributed by atoms with E-state index in [1.165, 1.54) is 5.57 Å². The minimum Gasteiger partial charge on any atom is -0.493 e. The Kier molecular flexibility index (Phi) is 6.06. The van der Waals surface area contributed by atoms with Crippen LogP contribution in [0.2, 0.25) is 0 Å². The lowest BCUT2D eigenvalue weighted by Gasteiger charge is -2.16. The predicted octanol–water partition coefficient (Wildman–Crippen LogP) is 4.51. The largest absolute Gasteiger partial charge is 0.493 e. The van der Waals surface area contributed by atoms with Crippen LogP contribution in [-0.2, 0) is 0 Å². The van der Waals surface area contributed by atoms with E-state index in [2.05, 4.69) is 13.0 Å². The van der Waals surface area contributed by atoms with E-state index in [4.69, 9.17) is 21.1 Å². The molecule has 1 aromatic rings. The monoisotopic (exact) mass is 268 g/mol. The van der Waals surface area contributed by atoms with E-state index in [0.29, 0.717) is 5.88 Å². The van der Waals surface area contributed by atoms with Gasteiger partial charge >= 0.3 is 0 Å². The molecule has 3 heteroatoms. The van der Waals surface area contributed by atoms with Crippen LogP contribution in [0.4, 0.5) is 0 Å². The molecule has 1 rings (SSSR count). The zero-order chi connectivity index (χ0) is 13.5. The molecule has 0 bridgehead atoms. The first-order chi connectivity index (χ1) is 8.62. The summed E-state index contributed by atoms with van der Waals surface area (Å²) in [5, 5.41) is 0. The number of ether oxygens (including phenoxy) is 2. The maximum absolute atomic E-state index is 5.91. The maximum atomic E-state index is 5.91. The molecular weight excluding hydrogens is 248 g/mol. The number of hydrogen-bond donors (Lipinski definition) is 0. The second-order valence-corrected chi connectivity index (χ2v) is 4.60. The third-order valence-corrected chi connectivity index (χ3v) is 2.91. The van der Waals surface area contributed by atoms with Crippen molar-refractivity contribution < 1.29 is 9.47 Å². The van der Waals surface area contributed by atoms with Crippen molar-refractivity contribution in [3.05, 3.63) is 29.3 Å². The molecule has 0 aromatic heterocycles. The normalized spacial score (nSPS) is 11.8. The smallest absolute Gasteiger partial charge is 0.168 e. The second kappa shape index (κ2) is 7.32. The zero-order valence-electron chi connectivity index (χ0n) is 11.5. The van der Waals surface area contributed by atoms with Crippen LogP contribution in [0.5, 0.6) is 11.5 Å². The van der Waals surface area contributed by atoms with E-state index in [-0.39, 0.29) is 6.10 Å². The first-order valence-electron chi connectivity index (χ1n) is 6.21. The highest BCUT2D eigenvalue weighted by Gasteiger charge is 2.11. The lowest BCUT2D eigenvalue weighted by Crippen LogP contribution is -2.08. The summed E-state index contributed by atoms with van der Waals surface area (Å²) in [7, 11) is 1.65. The van der Waals surface area contributed by atoms with Gasteiger partial charge in [0, 0.05) is 11.4 Å². The fourth-order valence-corrected chi connectivity index (χ4v) is 1.89. The highest BCUT2D eigenvalue weighted by molar-refractivity contribution is 6.19. The van der Waals surface area contributed by atoms with Gasteiger partial charge in [-0.2, -0.15) is 0 Å². The summed E-state index contributed by atoms with van der Waals surface area (Å²) >= 11 is 5.91. The topological polar surface area (TPSA) is 18.5 Å². The molecule has 0 heterocycles. The summed E-state index contributed by atoms with van der Waals surface area (Å²) in [4.78, 5) is 0. The highest BCUT2D eigenvalue weighted by atomic mass is 35.5. The molecule has 0 amide bonds. The minimum absolute atomic E-state index is 0.106. The molecule has 0 saturated heterocycles. The van der Waals surface area contributed by atoms with Gasteiger partial charge in [-0.3, -0.25) is 0 Å². The molecule has 0 radical (unpaired) electrons. The van der Waals surface area contributed by atoms with Gasteiger partial charge in [-0.15, -0.1) is 11.6 Å². The Bertz CT molecular complexity index is 405. The van der Waals surface area contributed by atoms with Gasteiger partial charge < -0.3 is 9.47 Å². The molecule has 0 aliphatic rings. The van der Waals surface area contributed by atoms with E-state index in [9.17, 15) is 0 Å². The van der Waals surface area contributed by atoms with Crippen molar-refractivity contribution >= 4 is 17.7 Å². The van der Waals surface area contributed by atoms with Gasteiger partial charge in [0.2, 0.25) is 0 Å². The predicted molar refractivity (Wildman–Crippen MR) is 77.7 cm³/mol. The zero-order valence-corrected chi connectivity index (χ0v) is 12.3. The first kappa shape index (κ1) is 14.9. The number of hydrogen-bond acceptors (Lipinski definition) is 2. The Morgan fingerprint density at radius 1 is 1.39 bits per heavy atom. The Labute approximate surface area is 115 Å². The van der Waals surface area contributed by atoms with E-state index in [1.807, 2.05) is 32.0 Å². The quantitative estimate of drug-likeness (QED) is 0.707. The maximum Gasteiger partial charge on any atom is 0.168 e. The Morgan fingerprint density at radius 2 is 2.11 bits per heavy atom. The van der Waals surface area contributed by atoms with Crippen LogP contribution in [0.25, 0.3) is 6.08 Å². The number of methoxy groups -OCH3 is 1. The van der Waals surface area contributed by atoms with Crippen LogP contribution >= 0.6 is 11.6 Å². The average Bonchev–Trinajstić information content (AvgIpc) is 2.36. The highest BCUT2D eigenvalue weighted by Crippen LogP contribution is 2.33. The van der Waals surface area contributed by atoms with Crippen LogP contribution < -0.4 is 9.47 Å². The molecule has 0 unspecified atom stereocenters. The van der Waals surface area contributed by atoms with E-state index >= 15 is 0 Å². The van der Waals surface area contributed by atoms with Crippen molar-refractivity contribution in [3.8, 4) is 11.5 Å². The van der Waals surface area contributed by atoms with Crippen molar-refractivity contribution in [1.29, 1.82) is 0 Å². The van der Waals surface area contributed by atoms with Crippen LogP contribution in [0.3, 0.4) is 0 Å². The molecular formula is C15H21ClO2. The number of benzene rings is 1. The van der Waals surface area contributed by atoms with Gasteiger partial charge in [0.1, 0.15) is 0 Å². The summed E-state index contributed by atoms with van der Waals surface area (Å²) in [5.74, 6) is 2.07. The first-order valence-corrected chi connectivity index (χ1v) is 6.74.